The Bertz CT molecular complexity index is 900. The highest BCUT2D eigenvalue weighted by molar-refractivity contribution is 7.21. The van der Waals surface area contributed by atoms with E-state index in [1.807, 2.05) is 0 Å². The number of carbonyl (C=O) groups is 1. The van der Waals surface area contributed by atoms with Crippen LogP contribution in [0.3, 0.4) is 0 Å². The summed E-state index contributed by atoms with van der Waals surface area (Å²) in [5, 5.41) is 3.97. The first kappa shape index (κ1) is 20.0. The van der Waals surface area contributed by atoms with Crippen molar-refractivity contribution in [1.82, 2.24) is 10.2 Å². The molecule has 4 heterocycles. The Labute approximate surface area is 171 Å². The summed E-state index contributed by atoms with van der Waals surface area (Å²) in [6.45, 7) is 2.25. The second kappa shape index (κ2) is 6.89. The number of alkyl halides is 3. The van der Waals surface area contributed by atoms with Gasteiger partial charge in [-0.2, -0.15) is 13.2 Å². The molecule has 152 valence electrons. The van der Waals surface area contributed by atoms with Crippen LogP contribution in [0.2, 0.25) is 0 Å². The average Bonchev–Trinajstić information content (AvgIpc) is 3.26. The molecule has 3 aliphatic heterocycles. The van der Waals surface area contributed by atoms with Crippen LogP contribution in [0.15, 0.2) is 24.3 Å². The molecule has 4 aliphatic rings. The smallest absolute Gasteiger partial charge is 0.346 e. The van der Waals surface area contributed by atoms with Crippen LogP contribution in [0.4, 0.5) is 13.2 Å². The summed E-state index contributed by atoms with van der Waals surface area (Å²) in [5.41, 5.74) is 0.389. The zero-order valence-electron chi connectivity index (χ0n) is 15.2. The number of nitrogens with one attached hydrogen (secondary N) is 1. The summed E-state index contributed by atoms with van der Waals surface area (Å²) in [6, 6.07) is 6.81. The number of hydrogen-bond donors (Lipinski definition) is 1. The first-order valence-electron chi connectivity index (χ1n) is 9.50. The molecule has 1 atom stereocenters. The number of halogens is 4. The predicted octanol–water partition coefficient (Wildman–Crippen LogP) is 4.78. The molecule has 1 aliphatic carbocycles. The van der Waals surface area contributed by atoms with Crippen LogP contribution in [-0.4, -0.2) is 41.7 Å². The topological polar surface area (TPSA) is 32.3 Å². The highest BCUT2D eigenvalue weighted by Crippen LogP contribution is 2.53. The SMILES string of the molecule is Cl.O=C(NC1C2CCN(CC2)C12CC2)c1cc2cccc(CC(F)(F)F)c2s1. The zero-order valence-corrected chi connectivity index (χ0v) is 16.9. The summed E-state index contributed by atoms with van der Waals surface area (Å²) in [6.07, 6.45) is -0.708. The fraction of sp³-hybridized carbons (Fsp3) is 0.550. The minimum Gasteiger partial charge on any atom is -0.346 e. The maximum Gasteiger partial charge on any atom is 0.393 e. The van der Waals surface area contributed by atoms with E-state index in [2.05, 4.69) is 10.2 Å². The molecule has 1 N–H and O–H groups in total. The van der Waals surface area contributed by atoms with Crippen molar-refractivity contribution in [3.63, 3.8) is 0 Å². The molecule has 1 unspecified atom stereocenters. The van der Waals surface area contributed by atoms with Gasteiger partial charge in [-0.1, -0.05) is 18.2 Å². The predicted molar refractivity (Wildman–Crippen MR) is 106 cm³/mol. The maximum atomic E-state index is 12.9. The molecule has 3 nitrogen and oxygen atoms in total. The van der Waals surface area contributed by atoms with Crippen LogP contribution in [-0.2, 0) is 6.42 Å². The molecule has 1 saturated carbocycles. The lowest BCUT2D eigenvalue weighted by atomic mass is 9.77. The Morgan fingerprint density at radius 3 is 2.61 bits per heavy atom. The quantitative estimate of drug-likeness (QED) is 0.759. The Morgan fingerprint density at radius 2 is 1.96 bits per heavy atom. The summed E-state index contributed by atoms with van der Waals surface area (Å²) >= 11 is 1.18. The van der Waals surface area contributed by atoms with Crippen molar-refractivity contribution in [2.75, 3.05) is 13.1 Å². The second-order valence-electron chi connectivity index (χ2n) is 8.12. The van der Waals surface area contributed by atoms with Gasteiger partial charge in [-0.05, 0) is 61.7 Å². The number of hydrogen-bond acceptors (Lipinski definition) is 3. The van der Waals surface area contributed by atoms with Crippen molar-refractivity contribution in [2.45, 2.75) is 49.9 Å². The Balaban J connectivity index is 0.00000192. The maximum absolute atomic E-state index is 12.9. The van der Waals surface area contributed by atoms with Crippen molar-refractivity contribution in [3.05, 3.63) is 34.7 Å². The monoisotopic (exact) mass is 430 g/mol. The van der Waals surface area contributed by atoms with Gasteiger partial charge in [0.2, 0.25) is 0 Å². The third-order valence-electron chi connectivity index (χ3n) is 6.51. The van der Waals surface area contributed by atoms with E-state index in [1.54, 1.807) is 18.2 Å². The summed E-state index contributed by atoms with van der Waals surface area (Å²) in [5.74, 6) is 0.385. The van der Waals surface area contributed by atoms with Crippen LogP contribution >= 0.6 is 23.7 Å². The molecular weight excluding hydrogens is 409 g/mol. The molecule has 4 fully saturated rings. The van der Waals surface area contributed by atoms with E-state index >= 15 is 0 Å². The Kier molecular flexibility index (Phi) is 4.91. The minimum atomic E-state index is -4.26. The van der Waals surface area contributed by atoms with Crippen LogP contribution in [0, 0.1) is 5.92 Å². The van der Waals surface area contributed by atoms with Gasteiger partial charge in [-0.25, -0.2) is 0 Å². The molecule has 8 heteroatoms. The van der Waals surface area contributed by atoms with E-state index in [0.717, 1.165) is 38.8 Å². The van der Waals surface area contributed by atoms with Gasteiger partial charge in [0.25, 0.3) is 5.91 Å². The standard InChI is InChI=1S/C20H21F3N2OS.ClH/c21-20(22,23)11-14-3-1-2-13-10-15(27-16(13)14)18(26)24-17-12-4-8-25(9-5-12)19(17)6-7-19;/h1-3,10,12,17H,4-9,11H2,(H,24,26);1H. The number of rotatable bonds is 3. The molecule has 1 aromatic carbocycles. The van der Waals surface area contributed by atoms with E-state index in [0.29, 0.717) is 20.9 Å². The van der Waals surface area contributed by atoms with Gasteiger partial charge in [0.1, 0.15) is 0 Å². The van der Waals surface area contributed by atoms with Gasteiger partial charge in [0.15, 0.2) is 0 Å². The third-order valence-corrected chi connectivity index (χ3v) is 7.73. The van der Waals surface area contributed by atoms with E-state index in [9.17, 15) is 18.0 Å². The Morgan fingerprint density at radius 1 is 1.25 bits per heavy atom. The normalized spacial score (nSPS) is 27.6. The number of fused-ring (bicyclic) bond motifs is 3. The fourth-order valence-electron chi connectivity index (χ4n) is 5.12. The summed E-state index contributed by atoms with van der Waals surface area (Å²) in [7, 11) is 0. The van der Waals surface area contributed by atoms with Gasteiger partial charge < -0.3 is 5.32 Å². The number of amides is 1. The van der Waals surface area contributed by atoms with Gasteiger partial charge in [-0.15, -0.1) is 23.7 Å². The number of thiophene rings is 1. The first-order valence-corrected chi connectivity index (χ1v) is 10.3. The molecule has 1 amide bonds. The third kappa shape index (κ3) is 3.31. The van der Waals surface area contributed by atoms with Gasteiger partial charge in [0, 0.05) is 10.2 Å². The van der Waals surface area contributed by atoms with Crippen LogP contribution in [0.1, 0.15) is 40.9 Å². The largest absolute Gasteiger partial charge is 0.393 e. The van der Waals surface area contributed by atoms with Gasteiger partial charge in [0.05, 0.1) is 17.3 Å². The number of carbonyl (C=O) groups excluding carboxylic acids is 1. The lowest BCUT2D eigenvalue weighted by molar-refractivity contribution is -0.126. The van der Waals surface area contributed by atoms with E-state index in [4.69, 9.17) is 0 Å². The van der Waals surface area contributed by atoms with Gasteiger partial charge >= 0.3 is 6.18 Å². The van der Waals surface area contributed by atoms with Crippen molar-refractivity contribution in [2.24, 2.45) is 5.92 Å². The van der Waals surface area contributed by atoms with Crippen LogP contribution < -0.4 is 5.32 Å². The van der Waals surface area contributed by atoms with Crippen molar-refractivity contribution in [1.29, 1.82) is 0 Å². The summed E-state index contributed by atoms with van der Waals surface area (Å²) in [4.78, 5) is 16.0. The van der Waals surface area contributed by atoms with E-state index in [1.165, 1.54) is 17.4 Å². The van der Waals surface area contributed by atoms with Crippen molar-refractivity contribution < 1.29 is 18.0 Å². The highest BCUT2D eigenvalue weighted by Gasteiger charge is 2.60. The lowest BCUT2D eigenvalue weighted by Gasteiger charge is -2.52. The first-order chi connectivity index (χ1) is 12.9. The molecule has 0 radical (unpaired) electrons. The van der Waals surface area contributed by atoms with Crippen LogP contribution in [0.5, 0.6) is 0 Å². The van der Waals surface area contributed by atoms with Crippen LogP contribution in [0.25, 0.3) is 10.1 Å². The molecular formula is C20H22ClF3N2OS. The number of nitrogens with zero attached hydrogens (tertiary/aromatic N) is 1. The molecule has 28 heavy (non-hydrogen) atoms. The number of benzene rings is 1. The molecule has 2 aromatic rings. The highest BCUT2D eigenvalue weighted by atomic mass is 35.5. The lowest BCUT2D eigenvalue weighted by Crippen LogP contribution is -2.65. The zero-order chi connectivity index (χ0) is 18.8. The van der Waals surface area contributed by atoms with Crippen molar-refractivity contribution in [3.8, 4) is 0 Å². The second-order valence-corrected chi connectivity index (χ2v) is 9.17. The molecule has 1 aromatic heterocycles. The van der Waals surface area contributed by atoms with E-state index < -0.39 is 12.6 Å². The molecule has 2 bridgehead atoms. The van der Waals surface area contributed by atoms with E-state index in [-0.39, 0.29) is 35.5 Å². The molecule has 3 saturated heterocycles. The minimum absolute atomic E-state index is 0. The van der Waals surface area contributed by atoms with Gasteiger partial charge in [-0.3, -0.25) is 9.69 Å². The molecule has 6 rings (SSSR count). The Hall–Kier alpha value is -1.31. The fourth-order valence-corrected chi connectivity index (χ4v) is 6.20. The summed E-state index contributed by atoms with van der Waals surface area (Å²) < 4.78 is 39.1. The number of piperidine rings is 3. The molecule has 1 spiro atoms. The average molecular weight is 431 g/mol. The van der Waals surface area contributed by atoms with Crippen molar-refractivity contribution >= 4 is 39.7 Å².